The summed E-state index contributed by atoms with van der Waals surface area (Å²) >= 11 is 1.79. The second kappa shape index (κ2) is 4.28. The van der Waals surface area contributed by atoms with Gasteiger partial charge in [-0.05, 0) is 41.1 Å². The van der Waals surface area contributed by atoms with Gasteiger partial charge in [0.2, 0.25) is 0 Å². The van der Waals surface area contributed by atoms with Crippen molar-refractivity contribution in [3.05, 3.63) is 26.6 Å². The predicted octanol–water partition coefficient (Wildman–Crippen LogP) is 2.39. The quantitative estimate of drug-likeness (QED) is 0.672. The molecule has 0 atom stereocenters. The van der Waals surface area contributed by atoms with E-state index in [0.717, 1.165) is 5.56 Å². The Morgan fingerprint density at radius 3 is 2.69 bits per heavy atom. The fourth-order valence-corrected chi connectivity index (χ4v) is 1.69. The van der Waals surface area contributed by atoms with E-state index in [1.165, 1.54) is 6.07 Å². The van der Waals surface area contributed by atoms with E-state index >= 15 is 0 Å². The summed E-state index contributed by atoms with van der Waals surface area (Å²) in [5.41, 5.74) is 6.77. The zero-order chi connectivity index (χ0) is 10.0. The van der Waals surface area contributed by atoms with Crippen molar-refractivity contribution in [2.75, 3.05) is 0 Å². The molecule has 1 heterocycles. The van der Waals surface area contributed by atoms with E-state index in [9.17, 15) is 8.78 Å². The fraction of sp³-hybridized carbons (Fsp3) is 0.375. The Bertz CT molecular complexity index is 315. The molecule has 0 amide bonds. The third kappa shape index (κ3) is 2.34. The van der Waals surface area contributed by atoms with Crippen molar-refractivity contribution in [3.63, 3.8) is 0 Å². The van der Waals surface area contributed by atoms with Crippen LogP contribution in [0.3, 0.4) is 0 Å². The van der Waals surface area contributed by atoms with E-state index in [-0.39, 0.29) is 12.1 Å². The molecule has 0 saturated heterocycles. The standard InChI is InChI=1S/C8H9F2IN2/c1-4-2-5(7(9)10)8(11)13-6(4)3-12/h2,7H,3,12H2,1H3. The van der Waals surface area contributed by atoms with Gasteiger partial charge in [-0.1, -0.05) is 0 Å². The first kappa shape index (κ1) is 10.8. The monoisotopic (exact) mass is 298 g/mol. The topological polar surface area (TPSA) is 38.9 Å². The van der Waals surface area contributed by atoms with Crippen LogP contribution in [-0.2, 0) is 6.54 Å². The van der Waals surface area contributed by atoms with Crippen LogP contribution in [0.15, 0.2) is 6.07 Å². The van der Waals surface area contributed by atoms with Crippen LogP contribution in [0, 0.1) is 10.6 Å². The molecule has 2 N–H and O–H groups in total. The van der Waals surface area contributed by atoms with Gasteiger partial charge in [0.25, 0.3) is 6.43 Å². The first-order valence-corrected chi connectivity index (χ1v) is 4.78. The number of aromatic nitrogens is 1. The Hall–Kier alpha value is -0.300. The number of nitrogens with zero attached hydrogens (tertiary/aromatic N) is 1. The molecule has 0 unspecified atom stereocenters. The number of aryl methyl sites for hydroxylation is 1. The number of pyridine rings is 1. The molecule has 2 nitrogen and oxygen atoms in total. The highest BCUT2D eigenvalue weighted by atomic mass is 127. The summed E-state index contributed by atoms with van der Waals surface area (Å²) < 4.78 is 25.1. The van der Waals surface area contributed by atoms with E-state index < -0.39 is 6.43 Å². The van der Waals surface area contributed by atoms with Gasteiger partial charge in [-0.15, -0.1) is 0 Å². The minimum atomic E-state index is -2.47. The highest BCUT2D eigenvalue weighted by Gasteiger charge is 2.14. The van der Waals surface area contributed by atoms with Gasteiger partial charge in [0.05, 0.1) is 5.69 Å². The molecule has 1 aromatic rings. The van der Waals surface area contributed by atoms with Crippen molar-refractivity contribution in [2.24, 2.45) is 5.73 Å². The average Bonchev–Trinajstić information content (AvgIpc) is 2.07. The molecule has 0 fully saturated rings. The molecule has 5 heteroatoms. The second-order valence-corrected chi connectivity index (χ2v) is 3.66. The molecule has 13 heavy (non-hydrogen) atoms. The van der Waals surface area contributed by atoms with Crippen molar-refractivity contribution in [1.82, 2.24) is 4.98 Å². The lowest BCUT2D eigenvalue weighted by atomic mass is 10.1. The number of hydrogen-bond donors (Lipinski definition) is 1. The minimum Gasteiger partial charge on any atom is -0.325 e. The van der Waals surface area contributed by atoms with Crippen LogP contribution >= 0.6 is 22.6 Å². The second-order valence-electron chi connectivity index (χ2n) is 2.64. The number of halogens is 3. The maximum atomic E-state index is 12.4. The predicted molar refractivity (Wildman–Crippen MR) is 54.5 cm³/mol. The summed E-state index contributed by atoms with van der Waals surface area (Å²) in [5, 5.41) is 0. The third-order valence-corrected chi connectivity index (χ3v) is 2.59. The van der Waals surface area contributed by atoms with E-state index in [1.54, 1.807) is 29.5 Å². The first-order valence-electron chi connectivity index (χ1n) is 3.70. The van der Waals surface area contributed by atoms with E-state index in [4.69, 9.17) is 5.73 Å². The molecule has 1 aromatic heterocycles. The van der Waals surface area contributed by atoms with Crippen molar-refractivity contribution in [2.45, 2.75) is 19.9 Å². The molecule has 0 saturated carbocycles. The highest BCUT2D eigenvalue weighted by Crippen LogP contribution is 2.24. The molecular formula is C8H9F2IN2. The van der Waals surface area contributed by atoms with Gasteiger partial charge in [-0.3, -0.25) is 0 Å². The lowest BCUT2D eigenvalue weighted by molar-refractivity contribution is 0.149. The smallest absolute Gasteiger partial charge is 0.266 e. The van der Waals surface area contributed by atoms with Gasteiger partial charge in [-0.2, -0.15) is 0 Å². The van der Waals surface area contributed by atoms with Gasteiger partial charge >= 0.3 is 0 Å². The van der Waals surface area contributed by atoms with Crippen molar-refractivity contribution < 1.29 is 8.78 Å². The maximum absolute atomic E-state index is 12.4. The van der Waals surface area contributed by atoms with Crippen LogP contribution < -0.4 is 5.73 Å². The van der Waals surface area contributed by atoms with Gasteiger partial charge in [0.15, 0.2) is 0 Å². The highest BCUT2D eigenvalue weighted by molar-refractivity contribution is 14.1. The number of hydrogen-bond acceptors (Lipinski definition) is 2. The zero-order valence-electron chi connectivity index (χ0n) is 7.02. The molecule has 0 aliphatic carbocycles. The molecule has 72 valence electrons. The third-order valence-electron chi connectivity index (χ3n) is 1.73. The minimum absolute atomic E-state index is 0.0182. The average molecular weight is 298 g/mol. The van der Waals surface area contributed by atoms with Gasteiger partial charge in [0.1, 0.15) is 3.70 Å². The Morgan fingerprint density at radius 2 is 2.23 bits per heavy atom. The van der Waals surface area contributed by atoms with Gasteiger partial charge in [-0.25, -0.2) is 13.8 Å². The van der Waals surface area contributed by atoms with E-state index in [1.807, 2.05) is 0 Å². The zero-order valence-corrected chi connectivity index (χ0v) is 9.18. The number of alkyl halides is 2. The lowest BCUT2D eigenvalue weighted by Crippen LogP contribution is -2.06. The number of rotatable bonds is 2. The summed E-state index contributed by atoms with van der Waals surface area (Å²) in [6.45, 7) is 2.02. The van der Waals surface area contributed by atoms with E-state index in [0.29, 0.717) is 9.39 Å². The molecular weight excluding hydrogens is 289 g/mol. The summed E-state index contributed by atoms with van der Waals surface area (Å²) in [6, 6.07) is 1.45. The normalized spacial score (nSPS) is 10.9. The molecule has 0 spiro atoms. The molecule has 1 rings (SSSR count). The fourth-order valence-electron chi connectivity index (χ4n) is 1.01. The number of nitrogens with two attached hydrogens (primary N) is 1. The summed E-state index contributed by atoms with van der Waals surface area (Å²) in [6.07, 6.45) is -2.47. The molecule has 0 aromatic carbocycles. The molecule has 0 aliphatic rings. The lowest BCUT2D eigenvalue weighted by Gasteiger charge is -2.07. The Balaban J connectivity index is 3.20. The van der Waals surface area contributed by atoms with Gasteiger partial charge in [0, 0.05) is 12.1 Å². The Morgan fingerprint density at radius 1 is 1.62 bits per heavy atom. The molecule has 0 radical (unpaired) electrons. The van der Waals surface area contributed by atoms with E-state index in [2.05, 4.69) is 4.98 Å². The van der Waals surface area contributed by atoms with Crippen LogP contribution in [0.4, 0.5) is 8.78 Å². The molecule has 0 bridgehead atoms. The summed E-state index contributed by atoms with van der Waals surface area (Å²) in [7, 11) is 0. The first-order chi connectivity index (χ1) is 6.06. The summed E-state index contributed by atoms with van der Waals surface area (Å²) in [5.74, 6) is 0. The van der Waals surface area contributed by atoms with Crippen LogP contribution in [0.5, 0.6) is 0 Å². The largest absolute Gasteiger partial charge is 0.325 e. The van der Waals surface area contributed by atoms with Crippen LogP contribution in [0.1, 0.15) is 23.2 Å². The van der Waals surface area contributed by atoms with Crippen molar-refractivity contribution >= 4 is 22.6 Å². The van der Waals surface area contributed by atoms with Crippen LogP contribution in [0.2, 0.25) is 0 Å². The van der Waals surface area contributed by atoms with Crippen molar-refractivity contribution in [3.8, 4) is 0 Å². The maximum Gasteiger partial charge on any atom is 0.266 e. The van der Waals surface area contributed by atoms with Crippen molar-refractivity contribution in [1.29, 1.82) is 0 Å². The summed E-state index contributed by atoms with van der Waals surface area (Å²) in [4.78, 5) is 3.99. The molecule has 0 aliphatic heterocycles. The van der Waals surface area contributed by atoms with Crippen LogP contribution in [-0.4, -0.2) is 4.98 Å². The Kier molecular flexibility index (Phi) is 3.55. The van der Waals surface area contributed by atoms with Crippen LogP contribution in [0.25, 0.3) is 0 Å². The van der Waals surface area contributed by atoms with Gasteiger partial charge < -0.3 is 5.73 Å². The SMILES string of the molecule is Cc1cc(C(F)F)c(I)nc1CN. The Labute approximate surface area is 88.7 Å².